The Morgan fingerprint density at radius 1 is 1.11 bits per heavy atom. The van der Waals surface area contributed by atoms with E-state index >= 15 is 0 Å². The van der Waals surface area contributed by atoms with Gasteiger partial charge in [0.05, 0.1) is 22.0 Å². The van der Waals surface area contributed by atoms with E-state index in [2.05, 4.69) is 0 Å². The molecule has 8 heteroatoms. The third kappa shape index (κ3) is 3.16. The molecule has 176 valence electrons. The second-order valence-corrected chi connectivity index (χ2v) is 10.2. The molecule has 4 aromatic rings. The Balaban J connectivity index is 1.58. The number of carbonyl (C=O) groups excluding carboxylic acids is 1. The number of hydrogen-bond donors (Lipinski definition) is 0. The summed E-state index contributed by atoms with van der Waals surface area (Å²) in [4.78, 5) is 32.0. The molecule has 0 unspecified atom stereocenters. The van der Waals surface area contributed by atoms with Crippen molar-refractivity contribution < 1.29 is 9.53 Å². The number of Topliss-reactive ketones (excluding diaryl/α,β-unsaturated/α-hetero) is 1. The minimum Gasteiger partial charge on any atom is -0.465 e. The molecule has 35 heavy (non-hydrogen) atoms. The second kappa shape index (κ2) is 7.61. The van der Waals surface area contributed by atoms with E-state index in [1.165, 1.54) is 11.3 Å². The summed E-state index contributed by atoms with van der Waals surface area (Å²) >= 11 is 1.32. The molecule has 2 bridgehead atoms. The fourth-order valence-electron chi connectivity index (χ4n) is 5.37. The highest BCUT2D eigenvalue weighted by Crippen LogP contribution is 2.47. The number of ketones is 1. The number of carbonyl (C=O) groups is 1. The molecule has 0 amide bonds. The summed E-state index contributed by atoms with van der Waals surface area (Å²) in [5, 5.41) is 4.71. The predicted molar refractivity (Wildman–Crippen MR) is 134 cm³/mol. The van der Waals surface area contributed by atoms with Crippen molar-refractivity contribution in [2.24, 2.45) is 10.9 Å². The van der Waals surface area contributed by atoms with Crippen LogP contribution < -0.4 is 19.6 Å². The van der Waals surface area contributed by atoms with Gasteiger partial charge in [0, 0.05) is 16.8 Å². The summed E-state index contributed by atoms with van der Waals surface area (Å²) in [6.45, 7) is 7.32. The Kier molecular flexibility index (Phi) is 4.73. The van der Waals surface area contributed by atoms with E-state index in [1.54, 1.807) is 11.5 Å². The number of para-hydroxylation sites is 2. The summed E-state index contributed by atoms with van der Waals surface area (Å²) in [7, 11) is 0. The van der Waals surface area contributed by atoms with Crippen LogP contribution >= 0.6 is 11.3 Å². The Morgan fingerprint density at radius 2 is 1.83 bits per heavy atom. The summed E-state index contributed by atoms with van der Waals surface area (Å²) in [5.74, 6) is 0.0153. The second-order valence-electron chi connectivity index (χ2n) is 9.24. The standard InChI is InChI=1S/C27H24N4O3S/c1-15-20(16(2)31(29-15)18-10-6-5-7-11-18)14-22-25(33)30-24-19-12-8-9-13-21(19)34-27(4,23(24)17(3)32)28-26(30)35-22/h5-14,23-24H,1-4H3/b22-14+/t23-,24-,27-/m0/s1. The van der Waals surface area contributed by atoms with E-state index in [9.17, 15) is 9.59 Å². The Hall–Kier alpha value is -3.78. The molecule has 0 spiro atoms. The van der Waals surface area contributed by atoms with E-state index in [4.69, 9.17) is 14.8 Å². The van der Waals surface area contributed by atoms with Gasteiger partial charge in [-0.1, -0.05) is 47.7 Å². The zero-order chi connectivity index (χ0) is 24.5. The molecule has 0 saturated carbocycles. The number of rotatable bonds is 3. The fraction of sp³-hybridized carbons (Fsp3) is 0.259. The Labute approximate surface area is 205 Å². The lowest BCUT2D eigenvalue weighted by Crippen LogP contribution is -2.58. The predicted octanol–water partition coefficient (Wildman–Crippen LogP) is 3.08. The summed E-state index contributed by atoms with van der Waals surface area (Å²) in [6, 6.07) is 17.0. The maximum absolute atomic E-state index is 13.8. The van der Waals surface area contributed by atoms with Gasteiger partial charge in [-0.05, 0) is 52.0 Å². The molecular formula is C27H24N4O3S. The van der Waals surface area contributed by atoms with Crippen molar-refractivity contribution in [1.29, 1.82) is 0 Å². The molecule has 6 rings (SSSR count). The first-order valence-electron chi connectivity index (χ1n) is 11.5. The molecule has 0 radical (unpaired) electrons. The first-order valence-corrected chi connectivity index (χ1v) is 12.3. The molecule has 2 aliphatic rings. The van der Waals surface area contributed by atoms with E-state index in [-0.39, 0.29) is 11.3 Å². The van der Waals surface area contributed by atoms with Gasteiger partial charge >= 0.3 is 0 Å². The molecule has 0 saturated heterocycles. The van der Waals surface area contributed by atoms with Crippen LogP contribution in [-0.2, 0) is 4.79 Å². The molecule has 4 heterocycles. The van der Waals surface area contributed by atoms with Crippen molar-refractivity contribution in [3.63, 3.8) is 0 Å². The number of benzene rings is 2. The monoisotopic (exact) mass is 484 g/mol. The molecule has 2 aromatic carbocycles. The van der Waals surface area contributed by atoms with Gasteiger partial charge < -0.3 is 4.74 Å². The highest BCUT2D eigenvalue weighted by atomic mass is 32.1. The fourth-order valence-corrected chi connectivity index (χ4v) is 6.45. The van der Waals surface area contributed by atoms with Gasteiger partial charge in [0.25, 0.3) is 5.56 Å². The largest absolute Gasteiger partial charge is 0.465 e. The van der Waals surface area contributed by atoms with Gasteiger partial charge in [-0.3, -0.25) is 14.2 Å². The Morgan fingerprint density at radius 3 is 2.57 bits per heavy atom. The quantitative estimate of drug-likeness (QED) is 0.448. The number of ether oxygens (including phenoxy) is 1. The van der Waals surface area contributed by atoms with Crippen LogP contribution in [-0.4, -0.2) is 25.9 Å². The lowest BCUT2D eigenvalue weighted by atomic mass is 9.79. The van der Waals surface area contributed by atoms with E-state index in [1.807, 2.05) is 86.1 Å². The van der Waals surface area contributed by atoms with Crippen molar-refractivity contribution in [2.75, 3.05) is 0 Å². The zero-order valence-corrected chi connectivity index (χ0v) is 20.7. The number of thiazole rings is 1. The lowest BCUT2D eigenvalue weighted by molar-refractivity contribution is -0.132. The van der Waals surface area contributed by atoms with Gasteiger partial charge in [0.2, 0.25) is 5.72 Å². The number of nitrogens with zero attached hydrogens (tertiary/aromatic N) is 4. The van der Waals surface area contributed by atoms with Crippen LogP contribution in [0.15, 0.2) is 64.4 Å². The molecular weight excluding hydrogens is 460 g/mol. The zero-order valence-electron chi connectivity index (χ0n) is 19.9. The maximum atomic E-state index is 13.8. The molecule has 0 fully saturated rings. The van der Waals surface area contributed by atoms with Crippen LogP contribution in [0.1, 0.15) is 42.4 Å². The molecule has 2 aromatic heterocycles. The van der Waals surface area contributed by atoms with E-state index in [0.29, 0.717) is 15.1 Å². The first-order chi connectivity index (χ1) is 16.8. The summed E-state index contributed by atoms with van der Waals surface area (Å²) in [6.07, 6.45) is 1.90. The van der Waals surface area contributed by atoms with Crippen molar-refractivity contribution in [1.82, 2.24) is 14.3 Å². The van der Waals surface area contributed by atoms with Crippen molar-refractivity contribution in [2.45, 2.75) is 39.5 Å². The molecule has 7 nitrogen and oxygen atoms in total. The van der Waals surface area contributed by atoms with E-state index < -0.39 is 17.7 Å². The third-order valence-electron chi connectivity index (χ3n) is 6.94. The number of fused-ring (bicyclic) bond motifs is 6. The summed E-state index contributed by atoms with van der Waals surface area (Å²) in [5.41, 5.74) is 3.25. The Bertz CT molecular complexity index is 1680. The van der Waals surface area contributed by atoms with Crippen LogP contribution in [0.4, 0.5) is 0 Å². The first kappa shape index (κ1) is 21.7. The van der Waals surface area contributed by atoms with Crippen molar-refractivity contribution in [3.8, 4) is 11.4 Å². The SMILES string of the molecule is CC(=O)[C@H]1[C@@H]2c3ccccc3O[C@]1(C)N=c1s/c(=C/c3c(C)nn(-c4ccccc4)c3C)c(=O)n12. The molecule has 0 N–H and O–H groups in total. The topological polar surface area (TPSA) is 78.5 Å². The highest BCUT2D eigenvalue weighted by Gasteiger charge is 2.53. The maximum Gasteiger partial charge on any atom is 0.270 e. The minimum atomic E-state index is -1.07. The normalized spacial score (nSPS) is 22.7. The number of hydrogen-bond acceptors (Lipinski definition) is 6. The molecule has 3 atom stereocenters. The van der Waals surface area contributed by atoms with Crippen LogP contribution in [0, 0.1) is 19.8 Å². The van der Waals surface area contributed by atoms with Gasteiger partial charge in [-0.25, -0.2) is 9.67 Å². The van der Waals surface area contributed by atoms with Gasteiger partial charge in [0.1, 0.15) is 17.5 Å². The number of aryl methyl sites for hydroxylation is 1. The number of aromatic nitrogens is 3. The smallest absolute Gasteiger partial charge is 0.270 e. The average molecular weight is 485 g/mol. The summed E-state index contributed by atoms with van der Waals surface area (Å²) < 4.78 is 10.4. The minimum absolute atomic E-state index is 0.0548. The van der Waals surface area contributed by atoms with Crippen LogP contribution in [0.2, 0.25) is 0 Å². The average Bonchev–Trinajstić information content (AvgIpc) is 3.28. The van der Waals surface area contributed by atoms with E-state index in [0.717, 1.165) is 28.2 Å². The van der Waals surface area contributed by atoms with Crippen LogP contribution in [0.25, 0.3) is 11.8 Å². The lowest BCUT2D eigenvalue weighted by Gasteiger charge is -2.45. The molecule has 2 aliphatic heterocycles. The van der Waals surface area contributed by atoms with Crippen molar-refractivity contribution >= 4 is 23.2 Å². The highest BCUT2D eigenvalue weighted by molar-refractivity contribution is 7.07. The van der Waals surface area contributed by atoms with Gasteiger partial charge in [-0.2, -0.15) is 5.10 Å². The van der Waals surface area contributed by atoms with Crippen LogP contribution in [0.5, 0.6) is 5.75 Å². The van der Waals surface area contributed by atoms with Gasteiger partial charge in [-0.15, -0.1) is 0 Å². The van der Waals surface area contributed by atoms with Crippen LogP contribution in [0.3, 0.4) is 0 Å². The van der Waals surface area contributed by atoms with Crippen molar-refractivity contribution in [3.05, 3.63) is 96.8 Å². The third-order valence-corrected chi connectivity index (χ3v) is 7.92. The van der Waals surface area contributed by atoms with Gasteiger partial charge in [0.15, 0.2) is 4.80 Å². The molecule has 0 aliphatic carbocycles.